The molecule has 0 N–H and O–H groups in total. The first kappa shape index (κ1) is 11.9. The number of halogens is 1. The van der Waals surface area contributed by atoms with Gasteiger partial charge >= 0.3 is 0 Å². The van der Waals surface area contributed by atoms with Crippen molar-refractivity contribution in [1.82, 2.24) is 0 Å². The first-order chi connectivity index (χ1) is 7.04. The van der Waals surface area contributed by atoms with Crippen molar-refractivity contribution in [2.45, 2.75) is 33.6 Å². The van der Waals surface area contributed by atoms with Crippen LogP contribution < -0.4 is 0 Å². The van der Waals surface area contributed by atoms with Crippen LogP contribution in [0.5, 0.6) is 0 Å². The molecule has 1 nitrogen and oxygen atoms in total. The molecule has 1 unspecified atom stereocenters. The van der Waals surface area contributed by atoms with Crippen molar-refractivity contribution in [3.63, 3.8) is 0 Å². The van der Waals surface area contributed by atoms with Crippen LogP contribution in [0.2, 0.25) is 0 Å². The molecule has 1 aromatic carbocycles. The maximum absolute atomic E-state index is 12.8. The fraction of sp³-hybridized carbons (Fsp3) is 0.462. The number of carbonyl (C=O) groups is 1. The molecular weight excluding hydrogens is 191 g/mol. The number of carbonyl (C=O) groups excluding carboxylic acids is 1. The maximum atomic E-state index is 12.8. The van der Waals surface area contributed by atoms with E-state index in [0.29, 0.717) is 12.8 Å². The SMILES string of the molecule is CCC(=O)C(C)Cc1ccc(F)cc1C. The molecule has 0 amide bonds. The van der Waals surface area contributed by atoms with E-state index in [-0.39, 0.29) is 17.5 Å². The summed E-state index contributed by atoms with van der Waals surface area (Å²) >= 11 is 0. The highest BCUT2D eigenvalue weighted by atomic mass is 19.1. The van der Waals surface area contributed by atoms with E-state index in [4.69, 9.17) is 0 Å². The number of ketones is 1. The Labute approximate surface area is 90.3 Å². The summed E-state index contributed by atoms with van der Waals surface area (Å²) in [4.78, 5) is 11.4. The van der Waals surface area contributed by atoms with Gasteiger partial charge in [0.2, 0.25) is 0 Å². The lowest BCUT2D eigenvalue weighted by atomic mass is 9.93. The Hall–Kier alpha value is -1.18. The summed E-state index contributed by atoms with van der Waals surface area (Å²) in [6.07, 6.45) is 1.28. The van der Waals surface area contributed by atoms with Crippen molar-refractivity contribution in [2.24, 2.45) is 5.92 Å². The Morgan fingerprint density at radius 1 is 1.47 bits per heavy atom. The van der Waals surface area contributed by atoms with Crippen LogP contribution in [-0.4, -0.2) is 5.78 Å². The molecule has 82 valence electrons. The third-order valence-corrected chi connectivity index (χ3v) is 2.73. The quantitative estimate of drug-likeness (QED) is 0.742. The van der Waals surface area contributed by atoms with Gasteiger partial charge in [-0.3, -0.25) is 4.79 Å². The molecule has 0 aliphatic carbocycles. The topological polar surface area (TPSA) is 17.1 Å². The molecule has 0 heterocycles. The third kappa shape index (κ3) is 3.15. The highest BCUT2D eigenvalue weighted by molar-refractivity contribution is 5.80. The van der Waals surface area contributed by atoms with E-state index in [9.17, 15) is 9.18 Å². The molecule has 0 spiro atoms. The van der Waals surface area contributed by atoms with Crippen molar-refractivity contribution < 1.29 is 9.18 Å². The van der Waals surface area contributed by atoms with Crippen LogP contribution in [0.3, 0.4) is 0 Å². The lowest BCUT2D eigenvalue weighted by Crippen LogP contribution is -2.12. The van der Waals surface area contributed by atoms with Gasteiger partial charge in [-0.15, -0.1) is 0 Å². The second kappa shape index (κ2) is 5.06. The summed E-state index contributed by atoms with van der Waals surface area (Å²) in [6.45, 7) is 5.67. The highest BCUT2D eigenvalue weighted by Crippen LogP contribution is 2.16. The van der Waals surface area contributed by atoms with Crippen LogP contribution in [-0.2, 0) is 11.2 Å². The van der Waals surface area contributed by atoms with Crippen LogP contribution in [0, 0.1) is 18.7 Å². The van der Waals surface area contributed by atoms with E-state index in [1.807, 2.05) is 20.8 Å². The molecular formula is C13H17FO. The van der Waals surface area contributed by atoms with Gasteiger partial charge in [0.1, 0.15) is 11.6 Å². The number of hydrogen-bond donors (Lipinski definition) is 0. The number of hydrogen-bond acceptors (Lipinski definition) is 1. The average molecular weight is 208 g/mol. The summed E-state index contributed by atoms with van der Waals surface area (Å²) in [7, 11) is 0. The molecule has 0 fully saturated rings. The molecule has 0 aliphatic heterocycles. The lowest BCUT2D eigenvalue weighted by Gasteiger charge is -2.11. The number of rotatable bonds is 4. The monoisotopic (exact) mass is 208 g/mol. The Bertz CT molecular complexity index is 358. The molecule has 1 rings (SSSR count). The van der Waals surface area contributed by atoms with Crippen molar-refractivity contribution in [3.8, 4) is 0 Å². The summed E-state index contributed by atoms with van der Waals surface area (Å²) < 4.78 is 12.8. The molecule has 2 heteroatoms. The summed E-state index contributed by atoms with van der Waals surface area (Å²) in [5, 5.41) is 0. The first-order valence-corrected chi connectivity index (χ1v) is 5.32. The predicted octanol–water partition coefficient (Wildman–Crippen LogP) is 3.29. The van der Waals surface area contributed by atoms with Gasteiger partial charge in [0.15, 0.2) is 0 Å². The summed E-state index contributed by atoms with van der Waals surface area (Å²) in [6, 6.07) is 4.73. The molecule has 1 atom stereocenters. The molecule has 0 aromatic heterocycles. The van der Waals surface area contributed by atoms with E-state index in [0.717, 1.165) is 11.1 Å². The zero-order valence-electron chi connectivity index (χ0n) is 9.51. The van der Waals surface area contributed by atoms with Crippen LogP contribution in [0.15, 0.2) is 18.2 Å². The van der Waals surface area contributed by atoms with E-state index < -0.39 is 0 Å². The van der Waals surface area contributed by atoms with E-state index in [2.05, 4.69) is 0 Å². The standard InChI is InChI=1S/C13H17FO/c1-4-13(15)10(3)7-11-5-6-12(14)8-9(11)2/h5-6,8,10H,4,7H2,1-3H3. The van der Waals surface area contributed by atoms with Gasteiger partial charge in [-0.05, 0) is 36.6 Å². The Morgan fingerprint density at radius 2 is 2.13 bits per heavy atom. The average Bonchev–Trinajstić information content (AvgIpc) is 2.20. The van der Waals surface area contributed by atoms with E-state index >= 15 is 0 Å². The van der Waals surface area contributed by atoms with Crippen molar-refractivity contribution >= 4 is 5.78 Å². The van der Waals surface area contributed by atoms with Crippen molar-refractivity contribution in [1.29, 1.82) is 0 Å². The molecule has 0 bridgehead atoms. The summed E-state index contributed by atoms with van der Waals surface area (Å²) in [5.41, 5.74) is 1.98. The first-order valence-electron chi connectivity index (χ1n) is 5.32. The van der Waals surface area contributed by atoms with Crippen molar-refractivity contribution in [3.05, 3.63) is 35.1 Å². The van der Waals surface area contributed by atoms with Gasteiger partial charge in [0, 0.05) is 12.3 Å². The predicted molar refractivity (Wildman–Crippen MR) is 59.3 cm³/mol. The molecule has 0 saturated heterocycles. The Kier molecular flexibility index (Phi) is 4.01. The zero-order valence-corrected chi connectivity index (χ0v) is 9.51. The normalized spacial score (nSPS) is 12.5. The van der Waals surface area contributed by atoms with Gasteiger partial charge in [-0.1, -0.05) is 19.9 Å². The fourth-order valence-corrected chi connectivity index (χ4v) is 1.68. The molecule has 1 aromatic rings. The van der Waals surface area contributed by atoms with Crippen LogP contribution in [0.25, 0.3) is 0 Å². The minimum atomic E-state index is -0.217. The highest BCUT2D eigenvalue weighted by Gasteiger charge is 2.12. The Morgan fingerprint density at radius 3 is 2.67 bits per heavy atom. The fourth-order valence-electron chi connectivity index (χ4n) is 1.68. The molecule has 0 radical (unpaired) electrons. The van der Waals surface area contributed by atoms with Crippen LogP contribution in [0.1, 0.15) is 31.4 Å². The number of aryl methyl sites for hydroxylation is 1. The van der Waals surface area contributed by atoms with E-state index in [1.54, 1.807) is 6.07 Å². The van der Waals surface area contributed by atoms with Gasteiger partial charge in [-0.2, -0.15) is 0 Å². The largest absolute Gasteiger partial charge is 0.299 e. The minimum absolute atomic E-state index is 0.0270. The molecule has 0 aliphatic rings. The van der Waals surface area contributed by atoms with Gasteiger partial charge in [0.25, 0.3) is 0 Å². The van der Waals surface area contributed by atoms with Gasteiger partial charge in [0.05, 0.1) is 0 Å². The van der Waals surface area contributed by atoms with Crippen molar-refractivity contribution in [2.75, 3.05) is 0 Å². The molecule has 15 heavy (non-hydrogen) atoms. The zero-order chi connectivity index (χ0) is 11.4. The molecule has 0 saturated carbocycles. The van der Waals surface area contributed by atoms with Crippen LogP contribution in [0.4, 0.5) is 4.39 Å². The number of benzene rings is 1. The second-order valence-electron chi connectivity index (χ2n) is 4.00. The lowest BCUT2D eigenvalue weighted by molar-refractivity contribution is -0.122. The van der Waals surface area contributed by atoms with Crippen LogP contribution >= 0.6 is 0 Å². The minimum Gasteiger partial charge on any atom is -0.299 e. The third-order valence-electron chi connectivity index (χ3n) is 2.73. The van der Waals surface area contributed by atoms with Gasteiger partial charge in [-0.25, -0.2) is 4.39 Å². The Balaban J connectivity index is 2.76. The maximum Gasteiger partial charge on any atom is 0.135 e. The number of Topliss-reactive ketones (excluding diaryl/α,β-unsaturated/α-hetero) is 1. The second-order valence-corrected chi connectivity index (χ2v) is 4.00. The summed E-state index contributed by atoms with van der Waals surface area (Å²) in [5.74, 6) is 0.0728. The van der Waals surface area contributed by atoms with E-state index in [1.165, 1.54) is 12.1 Å². The van der Waals surface area contributed by atoms with Gasteiger partial charge < -0.3 is 0 Å². The smallest absolute Gasteiger partial charge is 0.135 e.